The van der Waals surface area contributed by atoms with Crippen molar-refractivity contribution in [1.29, 1.82) is 0 Å². The van der Waals surface area contributed by atoms with Gasteiger partial charge in [0.15, 0.2) is 0 Å². The third-order valence-corrected chi connectivity index (χ3v) is 4.14. The molecule has 0 aromatic carbocycles. The van der Waals surface area contributed by atoms with Crippen molar-refractivity contribution < 1.29 is 14.7 Å². The van der Waals surface area contributed by atoms with Gasteiger partial charge in [-0.15, -0.1) is 0 Å². The van der Waals surface area contributed by atoms with Gasteiger partial charge in [0.25, 0.3) is 5.91 Å². The molecule has 6 heteroatoms. The lowest BCUT2D eigenvalue weighted by atomic mass is 10.1. The number of amides is 1. The molecule has 1 unspecified atom stereocenters. The standard InChI is InChI=1S/C16H25N3O3/c1-4-8-18(10-14(20)21)16(22)13-9-17-19(11(3)5-2)15(13)12-6-7-12/h9,11-12H,4-8,10H2,1-3H3,(H,20,21). The summed E-state index contributed by atoms with van der Waals surface area (Å²) in [7, 11) is 0. The normalized spacial score (nSPS) is 15.6. The van der Waals surface area contributed by atoms with Crippen LogP contribution in [0.5, 0.6) is 0 Å². The number of hydrogen-bond acceptors (Lipinski definition) is 3. The quantitative estimate of drug-likeness (QED) is 0.801. The first-order chi connectivity index (χ1) is 10.5. The molecule has 1 aliphatic carbocycles. The molecule has 0 aliphatic heterocycles. The number of carbonyl (C=O) groups is 2. The van der Waals surface area contributed by atoms with Gasteiger partial charge in [0.1, 0.15) is 6.54 Å². The van der Waals surface area contributed by atoms with Gasteiger partial charge in [0.05, 0.1) is 17.5 Å². The zero-order valence-corrected chi connectivity index (χ0v) is 13.6. The number of carboxylic acid groups (broad SMARTS) is 1. The molecular formula is C16H25N3O3. The fraction of sp³-hybridized carbons (Fsp3) is 0.688. The highest BCUT2D eigenvalue weighted by molar-refractivity contribution is 5.97. The number of carboxylic acids is 1. The summed E-state index contributed by atoms with van der Waals surface area (Å²) in [5, 5.41) is 13.4. The van der Waals surface area contributed by atoms with Crippen LogP contribution in [0.2, 0.25) is 0 Å². The Morgan fingerprint density at radius 1 is 1.45 bits per heavy atom. The molecule has 6 nitrogen and oxygen atoms in total. The van der Waals surface area contributed by atoms with Crippen LogP contribution in [-0.2, 0) is 4.79 Å². The first-order valence-corrected chi connectivity index (χ1v) is 8.08. The first kappa shape index (κ1) is 16.5. The van der Waals surface area contributed by atoms with Crippen LogP contribution >= 0.6 is 0 Å². The average molecular weight is 307 g/mol. The fourth-order valence-electron chi connectivity index (χ4n) is 2.68. The lowest BCUT2D eigenvalue weighted by Gasteiger charge is -2.21. The van der Waals surface area contributed by atoms with Crippen molar-refractivity contribution in [2.75, 3.05) is 13.1 Å². The van der Waals surface area contributed by atoms with Crippen molar-refractivity contribution in [3.05, 3.63) is 17.5 Å². The summed E-state index contributed by atoms with van der Waals surface area (Å²) in [4.78, 5) is 25.2. The lowest BCUT2D eigenvalue weighted by Crippen LogP contribution is -2.36. The molecule has 0 bridgehead atoms. The van der Waals surface area contributed by atoms with Crippen molar-refractivity contribution >= 4 is 11.9 Å². The van der Waals surface area contributed by atoms with E-state index in [1.165, 1.54) is 4.90 Å². The van der Waals surface area contributed by atoms with Gasteiger partial charge in [-0.05, 0) is 32.6 Å². The zero-order valence-electron chi connectivity index (χ0n) is 13.6. The van der Waals surface area contributed by atoms with Gasteiger partial charge in [0, 0.05) is 18.5 Å². The van der Waals surface area contributed by atoms with E-state index in [4.69, 9.17) is 5.11 Å². The minimum atomic E-state index is -0.982. The number of aliphatic carboxylic acids is 1. The number of carbonyl (C=O) groups excluding carboxylic acids is 1. The Hall–Kier alpha value is -1.85. The van der Waals surface area contributed by atoms with Crippen LogP contribution in [0.1, 0.15) is 74.5 Å². The van der Waals surface area contributed by atoms with Crippen LogP contribution in [-0.4, -0.2) is 44.8 Å². The van der Waals surface area contributed by atoms with Crippen molar-refractivity contribution in [2.24, 2.45) is 0 Å². The van der Waals surface area contributed by atoms with Crippen molar-refractivity contribution in [1.82, 2.24) is 14.7 Å². The number of aromatic nitrogens is 2. The van der Waals surface area contributed by atoms with Gasteiger partial charge in [-0.1, -0.05) is 13.8 Å². The molecule has 22 heavy (non-hydrogen) atoms. The number of nitrogens with zero attached hydrogens (tertiary/aromatic N) is 3. The smallest absolute Gasteiger partial charge is 0.323 e. The molecule has 1 N–H and O–H groups in total. The monoisotopic (exact) mass is 307 g/mol. The summed E-state index contributed by atoms with van der Waals surface area (Å²) in [6, 6.07) is 0.247. The highest BCUT2D eigenvalue weighted by Crippen LogP contribution is 2.43. The molecule has 0 spiro atoms. The summed E-state index contributed by atoms with van der Waals surface area (Å²) in [5.74, 6) is -0.798. The molecule has 1 heterocycles. The SMILES string of the molecule is CCCN(CC(=O)O)C(=O)c1cnn(C(C)CC)c1C1CC1. The largest absolute Gasteiger partial charge is 0.480 e. The van der Waals surface area contributed by atoms with Crippen molar-refractivity contribution in [3.63, 3.8) is 0 Å². The third-order valence-electron chi connectivity index (χ3n) is 4.14. The van der Waals surface area contributed by atoms with E-state index in [2.05, 4.69) is 18.9 Å². The molecule has 1 saturated carbocycles. The maximum absolute atomic E-state index is 12.8. The predicted octanol–water partition coefficient (Wildman–Crippen LogP) is 2.67. The Labute approximate surface area is 131 Å². The molecule has 2 rings (SSSR count). The molecule has 1 aromatic rings. The summed E-state index contributed by atoms with van der Waals surface area (Å²) >= 11 is 0. The lowest BCUT2D eigenvalue weighted by molar-refractivity contribution is -0.137. The van der Waals surface area contributed by atoms with Crippen molar-refractivity contribution in [3.8, 4) is 0 Å². The summed E-state index contributed by atoms with van der Waals surface area (Å²) in [6.45, 7) is 6.31. The Morgan fingerprint density at radius 3 is 2.64 bits per heavy atom. The molecule has 122 valence electrons. The number of hydrogen-bond donors (Lipinski definition) is 1. The van der Waals surface area contributed by atoms with Crippen LogP contribution < -0.4 is 0 Å². The van der Waals surface area contributed by atoms with Gasteiger partial charge in [-0.3, -0.25) is 14.3 Å². The van der Waals surface area contributed by atoms with Gasteiger partial charge in [-0.25, -0.2) is 0 Å². The van der Waals surface area contributed by atoms with E-state index in [0.29, 0.717) is 18.0 Å². The van der Waals surface area contributed by atoms with E-state index >= 15 is 0 Å². The Bertz CT molecular complexity index is 549. The zero-order chi connectivity index (χ0) is 16.3. The second kappa shape index (κ2) is 6.94. The van der Waals surface area contributed by atoms with Crippen LogP contribution in [0, 0.1) is 0 Å². The van der Waals surface area contributed by atoms with Gasteiger partial charge in [0.2, 0.25) is 0 Å². The van der Waals surface area contributed by atoms with E-state index in [-0.39, 0.29) is 18.5 Å². The molecule has 1 fully saturated rings. The van der Waals surface area contributed by atoms with E-state index in [1.807, 2.05) is 11.6 Å². The third kappa shape index (κ3) is 3.48. The average Bonchev–Trinajstić information content (AvgIpc) is 3.23. The summed E-state index contributed by atoms with van der Waals surface area (Å²) < 4.78 is 1.95. The molecule has 1 aromatic heterocycles. The highest BCUT2D eigenvalue weighted by atomic mass is 16.4. The van der Waals surface area contributed by atoms with Crippen LogP contribution in [0.25, 0.3) is 0 Å². The molecule has 0 saturated heterocycles. The molecule has 0 radical (unpaired) electrons. The van der Waals surface area contributed by atoms with Crippen LogP contribution in [0.3, 0.4) is 0 Å². The van der Waals surface area contributed by atoms with Crippen LogP contribution in [0.15, 0.2) is 6.20 Å². The van der Waals surface area contributed by atoms with Crippen molar-refractivity contribution in [2.45, 2.75) is 58.4 Å². The minimum absolute atomic E-state index is 0.208. The predicted molar refractivity (Wildman–Crippen MR) is 83.0 cm³/mol. The van der Waals surface area contributed by atoms with E-state index in [9.17, 15) is 9.59 Å². The summed E-state index contributed by atoms with van der Waals surface area (Å²) in [6.07, 6.45) is 5.46. The second-order valence-corrected chi connectivity index (χ2v) is 6.04. The highest BCUT2D eigenvalue weighted by Gasteiger charge is 2.34. The van der Waals surface area contributed by atoms with Gasteiger partial charge in [-0.2, -0.15) is 5.10 Å². The Morgan fingerprint density at radius 2 is 2.14 bits per heavy atom. The fourth-order valence-corrected chi connectivity index (χ4v) is 2.68. The molecule has 1 atom stereocenters. The maximum Gasteiger partial charge on any atom is 0.323 e. The molecule has 1 aliphatic rings. The summed E-state index contributed by atoms with van der Waals surface area (Å²) in [5.41, 5.74) is 1.57. The van der Waals surface area contributed by atoms with Gasteiger partial charge >= 0.3 is 5.97 Å². The number of rotatable bonds is 8. The van der Waals surface area contributed by atoms with E-state index in [0.717, 1.165) is 31.4 Å². The molecule has 1 amide bonds. The first-order valence-electron chi connectivity index (χ1n) is 8.08. The van der Waals surface area contributed by atoms with E-state index in [1.54, 1.807) is 6.20 Å². The Balaban J connectivity index is 2.31. The minimum Gasteiger partial charge on any atom is -0.480 e. The maximum atomic E-state index is 12.8. The topological polar surface area (TPSA) is 75.4 Å². The Kier molecular flexibility index (Phi) is 5.21. The van der Waals surface area contributed by atoms with E-state index < -0.39 is 5.97 Å². The van der Waals surface area contributed by atoms with Gasteiger partial charge < -0.3 is 10.0 Å². The second-order valence-electron chi connectivity index (χ2n) is 6.04. The molecular weight excluding hydrogens is 282 g/mol. The van der Waals surface area contributed by atoms with Crippen LogP contribution in [0.4, 0.5) is 0 Å².